The third-order valence-corrected chi connectivity index (χ3v) is 3.19. The summed E-state index contributed by atoms with van der Waals surface area (Å²) in [5, 5.41) is 0. The minimum atomic E-state index is 0.0536. The first-order chi connectivity index (χ1) is 6.94. The molecule has 1 aliphatic heterocycles. The van der Waals surface area contributed by atoms with Gasteiger partial charge in [0.1, 0.15) is 0 Å². The van der Waals surface area contributed by atoms with Gasteiger partial charge in [-0.05, 0) is 11.8 Å². The van der Waals surface area contributed by atoms with E-state index >= 15 is 0 Å². The normalized spacial score (nSPS) is 21.0. The molecule has 0 aromatic heterocycles. The van der Waals surface area contributed by atoms with E-state index in [2.05, 4.69) is 32.6 Å². The molecule has 3 nitrogen and oxygen atoms in total. The summed E-state index contributed by atoms with van der Waals surface area (Å²) in [4.78, 5) is 2.38. The van der Waals surface area contributed by atoms with Crippen molar-refractivity contribution in [1.82, 2.24) is 4.90 Å². The van der Waals surface area contributed by atoms with Crippen LogP contribution in [0.15, 0.2) is 0 Å². The minimum absolute atomic E-state index is 0.0536. The Kier molecular flexibility index (Phi) is 4.56. The zero-order valence-electron chi connectivity index (χ0n) is 10.6. The second-order valence-corrected chi connectivity index (χ2v) is 5.57. The van der Waals surface area contributed by atoms with Crippen LogP contribution in [0.5, 0.6) is 0 Å². The zero-order valence-corrected chi connectivity index (χ0v) is 10.6. The van der Waals surface area contributed by atoms with Crippen LogP contribution in [-0.2, 0) is 4.74 Å². The Bertz CT molecular complexity index is 186. The van der Waals surface area contributed by atoms with Gasteiger partial charge < -0.3 is 10.5 Å². The average molecular weight is 214 g/mol. The molecule has 0 atom stereocenters. The molecule has 2 N–H and O–H groups in total. The highest BCUT2D eigenvalue weighted by molar-refractivity contribution is 5.01. The summed E-state index contributed by atoms with van der Waals surface area (Å²) < 4.78 is 5.55. The SMILES string of the molecule is CC(C)COCCN1CC(N)(C(C)C)C1. The smallest absolute Gasteiger partial charge is 0.0593 e. The molecule has 0 spiro atoms. The highest BCUT2D eigenvalue weighted by Crippen LogP contribution is 2.25. The van der Waals surface area contributed by atoms with Crippen LogP contribution < -0.4 is 5.73 Å². The lowest BCUT2D eigenvalue weighted by atomic mass is 9.80. The van der Waals surface area contributed by atoms with Gasteiger partial charge >= 0.3 is 0 Å². The van der Waals surface area contributed by atoms with E-state index in [1.807, 2.05) is 0 Å². The minimum Gasteiger partial charge on any atom is -0.380 e. The quantitative estimate of drug-likeness (QED) is 0.678. The Morgan fingerprint density at radius 3 is 2.33 bits per heavy atom. The molecule has 90 valence electrons. The van der Waals surface area contributed by atoms with Crippen LogP contribution in [0, 0.1) is 11.8 Å². The fourth-order valence-electron chi connectivity index (χ4n) is 1.82. The second-order valence-electron chi connectivity index (χ2n) is 5.57. The maximum atomic E-state index is 6.21. The standard InChI is InChI=1S/C12H26N2O/c1-10(2)7-15-6-5-14-8-12(13,9-14)11(3)4/h10-11H,5-9,13H2,1-4H3. The van der Waals surface area contributed by atoms with E-state index in [0.29, 0.717) is 11.8 Å². The van der Waals surface area contributed by atoms with E-state index in [0.717, 1.165) is 32.8 Å². The Labute approximate surface area is 94.0 Å². The predicted octanol–water partition coefficient (Wildman–Crippen LogP) is 1.33. The molecule has 0 aliphatic carbocycles. The van der Waals surface area contributed by atoms with Crippen LogP contribution >= 0.6 is 0 Å². The van der Waals surface area contributed by atoms with Crippen LogP contribution in [0.1, 0.15) is 27.7 Å². The van der Waals surface area contributed by atoms with Gasteiger partial charge in [-0.25, -0.2) is 0 Å². The van der Waals surface area contributed by atoms with Crippen molar-refractivity contribution in [3.05, 3.63) is 0 Å². The Morgan fingerprint density at radius 1 is 1.27 bits per heavy atom. The number of likely N-dealkylation sites (tertiary alicyclic amines) is 1. The topological polar surface area (TPSA) is 38.5 Å². The average Bonchev–Trinajstić information content (AvgIpc) is 2.07. The molecular weight excluding hydrogens is 188 g/mol. The highest BCUT2D eigenvalue weighted by atomic mass is 16.5. The molecule has 0 bridgehead atoms. The molecule has 0 unspecified atom stereocenters. The number of nitrogens with two attached hydrogens (primary N) is 1. The van der Waals surface area contributed by atoms with Crippen molar-refractivity contribution >= 4 is 0 Å². The number of hydrogen-bond donors (Lipinski definition) is 1. The molecule has 0 saturated carbocycles. The van der Waals surface area contributed by atoms with Crippen molar-refractivity contribution in [2.24, 2.45) is 17.6 Å². The third kappa shape index (κ3) is 3.74. The molecule has 3 heteroatoms. The first kappa shape index (κ1) is 12.9. The van der Waals surface area contributed by atoms with Gasteiger partial charge in [0.05, 0.1) is 6.61 Å². The molecule has 1 heterocycles. The molecule has 0 radical (unpaired) electrons. The first-order valence-electron chi connectivity index (χ1n) is 6.03. The summed E-state index contributed by atoms with van der Waals surface area (Å²) in [6.45, 7) is 13.5. The van der Waals surface area contributed by atoms with Gasteiger partial charge in [-0.3, -0.25) is 4.90 Å². The van der Waals surface area contributed by atoms with E-state index < -0.39 is 0 Å². The van der Waals surface area contributed by atoms with E-state index in [4.69, 9.17) is 10.5 Å². The number of rotatable bonds is 6. The molecule has 1 rings (SSSR count). The molecule has 0 amide bonds. The maximum Gasteiger partial charge on any atom is 0.0593 e. The zero-order chi connectivity index (χ0) is 11.5. The molecule has 1 fully saturated rings. The Morgan fingerprint density at radius 2 is 1.87 bits per heavy atom. The molecular formula is C12H26N2O. The summed E-state index contributed by atoms with van der Waals surface area (Å²) >= 11 is 0. The highest BCUT2D eigenvalue weighted by Gasteiger charge is 2.41. The lowest BCUT2D eigenvalue weighted by Crippen LogP contribution is -2.70. The van der Waals surface area contributed by atoms with Crippen molar-refractivity contribution < 1.29 is 4.74 Å². The third-order valence-electron chi connectivity index (χ3n) is 3.19. The van der Waals surface area contributed by atoms with Gasteiger partial charge in [0.2, 0.25) is 0 Å². The molecule has 0 aromatic carbocycles. The first-order valence-corrected chi connectivity index (χ1v) is 6.03. The summed E-state index contributed by atoms with van der Waals surface area (Å²) in [6.07, 6.45) is 0. The van der Waals surface area contributed by atoms with Crippen molar-refractivity contribution in [2.45, 2.75) is 33.2 Å². The summed E-state index contributed by atoms with van der Waals surface area (Å²) in [7, 11) is 0. The molecule has 1 saturated heterocycles. The second kappa shape index (κ2) is 5.28. The van der Waals surface area contributed by atoms with Gasteiger partial charge in [0, 0.05) is 31.8 Å². The summed E-state index contributed by atoms with van der Waals surface area (Å²) in [6, 6.07) is 0. The molecule has 0 aromatic rings. The van der Waals surface area contributed by atoms with Crippen molar-refractivity contribution in [3.8, 4) is 0 Å². The van der Waals surface area contributed by atoms with Gasteiger partial charge in [0.15, 0.2) is 0 Å². The number of hydrogen-bond acceptors (Lipinski definition) is 3. The van der Waals surface area contributed by atoms with Crippen LogP contribution in [0.4, 0.5) is 0 Å². The predicted molar refractivity (Wildman–Crippen MR) is 63.9 cm³/mol. The molecule has 1 aliphatic rings. The van der Waals surface area contributed by atoms with Crippen LogP contribution in [-0.4, -0.2) is 43.3 Å². The number of nitrogens with zero attached hydrogens (tertiary/aromatic N) is 1. The summed E-state index contributed by atoms with van der Waals surface area (Å²) in [5.74, 6) is 1.20. The lowest BCUT2D eigenvalue weighted by molar-refractivity contribution is 0.00681. The van der Waals surface area contributed by atoms with Crippen molar-refractivity contribution in [2.75, 3.05) is 32.8 Å². The monoisotopic (exact) mass is 214 g/mol. The van der Waals surface area contributed by atoms with Crippen molar-refractivity contribution in [1.29, 1.82) is 0 Å². The van der Waals surface area contributed by atoms with E-state index in [1.54, 1.807) is 0 Å². The molecule has 15 heavy (non-hydrogen) atoms. The van der Waals surface area contributed by atoms with Crippen LogP contribution in [0.3, 0.4) is 0 Å². The van der Waals surface area contributed by atoms with Crippen LogP contribution in [0.25, 0.3) is 0 Å². The Balaban J connectivity index is 2.03. The van der Waals surface area contributed by atoms with E-state index in [1.165, 1.54) is 0 Å². The van der Waals surface area contributed by atoms with Gasteiger partial charge in [-0.2, -0.15) is 0 Å². The largest absolute Gasteiger partial charge is 0.380 e. The lowest BCUT2D eigenvalue weighted by Gasteiger charge is -2.50. The van der Waals surface area contributed by atoms with Gasteiger partial charge in [-0.15, -0.1) is 0 Å². The van der Waals surface area contributed by atoms with Gasteiger partial charge in [-0.1, -0.05) is 27.7 Å². The fourth-order valence-corrected chi connectivity index (χ4v) is 1.82. The van der Waals surface area contributed by atoms with Crippen LogP contribution in [0.2, 0.25) is 0 Å². The van der Waals surface area contributed by atoms with Gasteiger partial charge in [0.25, 0.3) is 0 Å². The number of ether oxygens (including phenoxy) is 1. The van der Waals surface area contributed by atoms with E-state index in [-0.39, 0.29) is 5.54 Å². The Hall–Kier alpha value is -0.120. The fraction of sp³-hybridized carbons (Fsp3) is 1.00. The van der Waals surface area contributed by atoms with Crippen molar-refractivity contribution in [3.63, 3.8) is 0 Å². The van der Waals surface area contributed by atoms with E-state index in [9.17, 15) is 0 Å². The maximum absolute atomic E-state index is 6.21. The summed E-state index contributed by atoms with van der Waals surface area (Å²) in [5.41, 5.74) is 6.26.